The smallest absolute Gasteiger partial charge is 0.257 e. The second kappa shape index (κ2) is 6.68. The Morgan fingerprint density at radius 3 is 2.48 bits per heavy atom. The molecule has 0 aliphatic carbocycles. The maximum Gasteiger partial charge on any atom is 0.257 e. The molecule has 0 spiro atoms. The van der Waals surface area contributed by atoms with Gasteiger partial charge in [-0.3, -0.25) is 4.79 Å². The van der Waals surface area contributed by atoms with Crippen molar-refractivity contribution in [3.05, 3.63) is 35.1 Å². The molecule has 23 heavy (non-hydrogen) atoms. The Hall–Kier alpha value is -1.92. The minimum absolute atomic E-state index is 0.247. The zero-order valence-electron chi connectivity index (χ0n) is 13.6. The predicted octanol–water partition coefficient (Wildman–Crippen LogP) is 2.94. The normalized spacial score (nSPS) is 14.3. The average molecular weight is 337 g/mol. The fourth-order valence-electron chi connectivity index (χ4n) is 1.88. The number of hydrogen-bond acceptors (Lipinski definition) is 5. The van der Waals surface area contributed by atoms with Crippen LogP contribution >= 0.6 is 11.6 Å². The summed E-state index contributed by atoms with van der Waals surface area (Å²) < 4.78 is 5.23. The third-order valence-corrected chi connectivity index (χ3v) is 3.75. The van der Waals surface area contributed by atoms with Crippen LogP contribution in [0.5, 0.6) is 0 Å². The Kier molecular flexibility index (Phi) is 5.06. The highest BCUT2D eigenvalue weighted by Crippen LogP contribution is 2.22. The van der Waals surface area contributed by atoms with Gasteiger partial charge in [0, 0.05) is 10.6 Å². The number of nitrogens with two attached hydrogens (primary N) is 1. The highest BCUT2D eigenvalue weighted by Gasteiger charge is 2.29. The summed E-state index contributed by atoms with van der Waals surface area (Å²) in [5.41, 5.74) is 6.38. The standard InChI is InChI=1S/C16H21ClN4O2/c1-9(19-14(22)12(18)16(2,3)4)13-20-15(23-21-13)10-5-7-11(17)8-6-10/h5-9,12H,18H2,1-4H3,(H,19,22)/t9?,12-/m1/s1. The highest BCUT2D eigenvalue weighted by atomic mass is 35.5. The largest absolute Gasteiger partial charge is 0.345 e. The van der Waals surface area contributed by atoms with Crippen LogP contribution in [0.15, 0.2) is 28.8 Å². The number of rotatable bonds is 4. The van der Waals surface area contributed by atoms with Crippen molar-refractivity contribution in [3.8, 4) is 11.5 Å². The van der Waals surface area contributed by atoms with Crippen molar-refractivity contribution < 1.29 is 9.32 Å². The van der Waals surface area contributed by atoms with E-state index >= 15 is 0 Å². The summed E-state index contributed by atoms with van der Waals surface area (Å²) in [4.78, 5) is 16.5. The molecule has 1 amide bonds. The first-order chi connectivity index (χ1) is 10.7. The molecule has 6 nitrogen and oxygen atoms in total. The maximum absolute atomic E-state index is 12.2. The molecule has 124 valence electrons. The summed E-state index contributed by atoms with van der Waals surface area (Å²) in [6.45, 7) is 7.52. The van der Waals surface area contributed by atoms with Crippen molar-refractivity contribution in [2.45, 2.75) is 39.8 Å². The summed E-state index contributed by atoms with van der Waals surface area (Å²) >= 11 is 5.85. The van der Waals surface area contributed by atoms with Crippen molar-refractivity contribution in [2.24, 2.45) is 11.1 Å². The lowest BCUT2D eigenvalue weighted by Crippen LogP contribution is -2.49. The Bertz CT molecular complexity index is 676. The lowest BCUT2D eigenvalue weighted by atomic mass is 9.87. The molecule has 1 aromatic heterocycles. The molecule has 0 radical (unpaired) electrons. The molecule has 2 rings (SSSR count). The van der Waals surface area contributed by atoms with E-state index in [0.29, 0.717) is 16.7 Å². The third kappa shape index (κ3) is 4.30. The van der Waals surface area contributed by atoms with Gasteiger partial charge in [-0.15, -0.1) is 0 Å². The van der Waals surface area contributed by atoms with Crippen molar-refractivity contribution in [3.63, 3.8) is 0 Å². The molecule has 1 unspecified atom stereocenters. The van der Waals surface area contributed by atoms with Crippen LogP contribution in [0.3, 0.4) is 0 Å². The van der Waals surface area contributed by atoms with Crippen molar-refractivity contribution in [1.29, 1.82) is 0 Å². The summed E-state index contributed by atoms with van der Waals surface area (Å²) in [6, 6.07) is 6.05. The van der Waals surface area contributed by atoms with E-state index in [0.717, 1.165) is 5.56 Å². The SMILES string of the molecule is CC(NC(=O)[C@@H](N)C(C)(C)C)c1noc(-c2ccc(Cl)cc2)n1. The number of nitrogens with one attached hydrogen (secondary N) is 1. The number of carbonyl (C=O) groups excluding carboxylic acids is 1. The van der Waals surface area contributed by atoms with Crippen LogP contribution in [0.25, 0.3) is 11.5 Å². The highest BCUT2D eigenvalue weighted by molar-refractivity contribution is 6.30. The second-order valence-electron chi connectivity index (χ2n) is 6.54. The number of aromatic nitrogens is 2. The monoisotopic (exact) mass is 336 g/mol. The predicted molar refractivity (Wildman–Crippen MR) is 88.7 cm³/mol. The van der Waals surface area contributed by atoms with E-state index in [-0.39, 0.29) is 11.3 Å². The van der Waals surface area contributed by atoms with Crippen LogP contribution in [0.1, 0.15) is 39.6 Å². The van der Waals surface area contributed by atoms with E-state index in [1.54, 1.807) is 31.2 Å². The number of hydrogen-bond donors (Lipinski definition) is 2. The van der Waals surface area contributed by atoms with Gasteiger partial charge in [0.1, 0.15) is 0 Å². The van der Waals surface area contributed by atoms with Gasteiger partial charge in [-0.05, 0) is 36.6 Å². The van der Waals surface area contributed by atoms with Crippen molar-refractivity contribution >= 4 is 17.5 Å². The molecule has 0 fully saturated rings. The van der Waals surface area contributed by atoms with Gasteiger partial charge in [0.2, 0.25) is 5.91 Å². The van der Waals surface area contributed by atoms with E-state index in [2.05, 4.69) is 15.5 Å². The Balaban J connectivity index is 2.08. The van der Waals surface area contributed by atoms with Crippen LogP contribution in [0, 0.1) is 5.41 Å². The van der Waals surface area contributed by atoms with Crippen LogP contribution in [0.4, 0.5) is 0 Å². The van der Waals surface area contributed by atoms with Gasteiger partial charge in [0.25, 0.3) is 5.89 Å². The molecule has 2 aromatic rings. The van der Waals surface area contributed by atoms with Gasteiger partial charge in [-0.25, -0.2) is 0 Å². The Morgan fingerprint density at radius 2 is 1.91 bits per heavy atom. The van der Waals surface area contributed by atoms with Gasteiger partial charge in [-0.1, -0.05) is 37.5 Å². The molecule has 3 N–H and O–H groups in total. The van der Waals surface area contributed by atoms with E-state index < -0.39 is 12.1 Å². The fraction of sp³-hybridized carbons (Fsp3) is 0.438. The average Bonchev–Trinajstić information content (AvgIpc) is 2.96. The molecule has 0 saturated carbocycles. The first-order valence-electron chi connectivity index (χ1n) is 7.34. The van der Waals surface area contributed by atoms with Gasteiger partial charge in [-0.2, -0.15) is 4.98 Å². The number of benzene rings is 1. The molecular formula is C16H21ClN4O2. The van der Waals surface area contributed by atoms with Crippen LogP contribution in [-0.2, 0) is 4.79 Å². The molecule has 0 aliphatic heterocycles. The van der Waals surface area contributed by atoms with Crippen LogP contribution in [-0.4, -0.2) is 22.1 Å². The molecule has 0 bridgehead atoms. The molecule has 1 aromatic carbocycles. The molecule has 1 heterocycles. The van der Waals surface area contributed by atoms with Gasteiger partial charge in [0.05, 0.1) is 12.1 Å². The van der Waals surface area contributed by atoms with Crippen molar-refractivity contribution in [2.75, 3.05) is 0 Å². The van der Waals surface area contributed by atoms with Gasteiger partial charge >= 0.3 is 0 Å². The molecule has 7 heteroatoms. The van der Waals surface area contributed by atoms with Crippen LogP contribution in [0.2, 0.25) is 5.02 Å². The summed E-state index contributed by atoms with van der Waals surface area (Å²) in [5.74, 6) is 0.519. The minimum atomic E-state index is -0.618. The third-order valence-electron chi connectivity index (χ3n) is 3.49. The van der Waals surface area contributed by atoms with E-state index in [4.69, 9.17) is 21.9 Å². The first kappa shape index (κ1) is 17.4. The summed E-state index contributed by atoms with van der Waals surface area (Å²) in [7, 11) is 0. The number of carbonyl (C=O) groups is 1. The summed E-state index contributed by atoms with van der Waals surface area (Å²) in [5, 5.41) is 7.35. The number of amides is 1. The van der Waals surface area contributed by atoms with E-state index in [1.165, 1.54) is 0 Å². The lowest BCUT2D eigenvalue weighted by molar-refractivity contribution is -0.125. The zero-order valence-corrected chi connectivity index (χ0v) is 14.4. The van der Waals surface area contributed by atoms with Crippen LogP contribution < -0.4 is 11.1 Å². The Labute approximate surface area is 140 Å². The van der Waals surface area contributed by atoms with E-state index in [9.17, 15) is 4.79 Å². The zero-order chi connectivity index (χ0) is 17.2. The molecule has 0 aliphatic rings. The number of halogens is 1. The molecular weight excluding hydrogens is 316 g/mol. The fourth-order valence-corrected chi connectivity index (χ4v) is 2.01. The minimum Gasteiger partial charge on any atom is -0.345 e. The van der Waals surface area contributed by atoms with E-state index in [1.807, 2.05) is 20.8 Å². The topological polar surface area (TPSA) is 94.0 Å². The lowest BCUT2D eigenvalue weighted by Gasteiger charge is -2.26. The molecule has 0 saturated heterocycles. The number of nitrogens with zero attached hydrogens (tertiary/aromatic N) is 2. The quantitative estimate of drug-likeness (QED) is 0.895. The first-order valence-corrected chi connectivity index (χ1v) is 7.72. The second-order valence-corrected chi connectivity index (χ2v) is 6.98. The molecule has 2 atom stereocenters. The summed E-state index contributed by atoms with van der Waals surface area (Å²) in [6.07, 6.45) is 0. The maximum atomic E-state index is 12.2. The van der Waals surface area contributed by atoms with Gasteiger partial charge < -0.3 is 15.6 Å². The van der Waals surface area contributed by atoms with Crippen molar-refractivity contribution in [1.82, 2.24) is 15.5 Å². The van der Waals surface area contributed by atoms with Gasteiger partial charge in [0.15, 0.2) is 5.82 Å². The Morgan fingerprint density at radius 1 is 1.30 bits per heavy atom.